The van der Waals surface area contributed by atoms with Crippen LogP contribution in [0.3, 0.4) is 0 Å². The summed E-state index contributed by atoms with van der Waals surface area (Å²) in [7, 11) is 1.62. The van der Waals surface area contributed by atoms with Gasteiger partial charge in [0.15, 0.2) is 5.82 Å². The molecule has 4 rings (SSSR count). The van der Waals surface area contributed by atoms with E-state index in [-0.39, 0.29) is 11.7 Å². The Morgan fingerprint density at radius 3 is 2.45 bits per heavy atom. The molecule has 7 heteroatoms. The number of H-pyrrole nitrogens is 1. The number of methoxy groups -OCH3 is 1. The van der Waals surface area contributed by atoms with Gasteiger partial charge in [-0.05, 0) is 60.5 Å². The Morgan fingerprint density at radius 2 is 1.79 bits per heavy atom. The van der Waals surface area contributed by atoms with E-state index in [1.54, 1.807) is 19.2 Å². The van der Waals surface area contributed by atoms with Crippen molar-refractivity contribution in [1.29, 1.82) is 0 Å². The van der Waals surface area contributed by atoms with Crippen LogP contribution in [0.4, 0.5) is 10.2 Å². The number of hydrogen-bond donors (Lipinski definition) is 1. The van der Waals surface area contributed by atoms with E-state index in [1.165, 1.54) is 12.1 Å². The molecule has 0 radical (unpaired) electrons. The normalized spacial score (nSPS) is 14.2. The number of nitrogens with zero attached hydrogens (tertiary/aromatic N) is 3. The molecule has 2 aromatic carbocycles. The van der Waals surface area contributed by atoms with Crippen LogP contribution < -0.4 is 9.64 Å². The summed E-state index contributed by atoms with van der Waals surface area (Å²) < 4.78 is 18.3. The fourth-order valence-corrected chi connectivity index (χ4v) is 3.56. The summed E-state index contributed by atoms with van der Waals surface area (Å²) in [6.07, 6.45) is 0. The van der Waals surface area contributed by atoms with E-state index in [2.05, 4.69) is 15.1 Å². The van der Waals surface area contributed by atoms with Crippen molar-refractivity contribution in [2.24, 2.45) is 0 Å². The molecule has 1 amide bonds. The molecule has 6 nitrogen and oxygen atoms in total. The second-order valence-corrected chi connectivity index (χ2v) is 7.11. The van der Waals surface area contributed by atoms with Gasteiger partial charge in [-0.3, -0.25) is 9.89 Å². The van der Waals surface area contributed by atoms with Crippen molar-refractivity contribution in [2.75, 3.05) is 38.2 Å². The molecule has 1 aliphatic rings. The first-order valence-corrected chi connectivity index (χ1v) is 9.55. The van der Waals surface area contributed by atoms with Gasteiger partial charge in [0.2, 0.25) is 0 Å². The zero-order valence-corrected chi connectivity index (χ0v) is 16.5. The smallest absolute Gasteiger partial charge is 0.254 e. The van der Waals surface area contributed by atoms with Gasteiger partial charge in [-0.2, -0.15) is 5.10 Å². The molecule has 0 saturated carbocycles. The van der Waals surface area contributed by atoms with E-state index in [9.17, 15) is 9.18 Å². The molecule has 0 atom stereocenters. The molecule has 0 bridgehead atoms. The third-order valence-corrected chi connectivity index (χ3v) is 5.27. The van der Waals surface area contributed by atoms with Gasteiger partial charge >= 0.3 is 0 Å². The fourth-order valence-electron chi connectivity index (χ4n) is 3.56. The fraction of sp³-hybridized carbons (Fsp3) is 0.273. The van der Waals surface area contributed by atoms with Crippen LogP contribution in [-0.4, -0.2) is 54.3 Å². The molecule has 1 aliphatic heterocycles. The molecular formula is C22H23FN4O2. The number of aryl methyl sites for hydroxylation is 1. The number of carbonyl (C=O) groups is 1. The molecule has 1 aromatic heterocycles. The van der Waals surface area contributed by atoms with Crippen LogP contribution in [0.2, 0.25) is 0 Å². The third kappa shape index (κ3) is 3.94. The van der Waals surface area contributed by atoms with Crippen LogP contribution in [0.1, 0.15) is 15.9 Å². The minimum Gasteiger partial charge on any atom is -0.497 e. The summed E-state index contributed by atoms with van der Waals surface area (Å²) in [5, 5.41) is 7.40. The molecule has 1 saturated heterocycles. The number of hydrogen-bond acceptors (Lipinski definition) is 4. The third-order valence-electron chi connectivity index (χ3n) is 5.27. The van der Waals surface area contributed by atoms with Gasteiger partial charge in [0.05, 0.1) is 12.8 Å². The first-order valence-electron chi connectivity index (χ1n) is 9.55. The number of anilines is 1. The molecule has 1 N–H and O–H groups in total. The highest BCUT2D eigenvalue weighted by Crippen LogP contribution is 2.24. The largest absolute Gasteiger partial charge is 0.497 e. The van der Waals surface area contributed by atoms with Gasteiger partial charge in [-0.15, -0.1) is 0 Å². The summed E-state index contributed by atoms with van der Waals surface area (Å²) in [6.45, 7) is 4.59. The second kappa shape index (κ2) is 7.95. The van der Waals surface area contributed by atoms with Crippen molar-refractivity contribution < 1.29 is 13.9 Å². The molecule has 2 heterocycles. The SMILES string of the molecule is COc1ccc(C(=O)N2CCN(c3cc(-c4ccc(F)cc4)[nH]n3)CC2)c(C)c1. The zero-order chi connectivity index (χ0) is 20.4. The van der Waals surface area contributed by atoms with Gasteiger partial charge in [-0.1, -0.05) is 0 Å². The lowest BCUT2D eigenvalue weighted by Gasteiger charge is -2.35. The second-order valence-electron chi connectivity index (χ2n) is 7.11. The number of aromatic amines is 1. The maximum atomic E-state index is 13.1. The lowest BCUT2D eigenvalue weighted by atomic mass is 10.1. The lowest BCUT2D eigenvalue weighted by molar-refractivity contribution is 0.0745. The monoisotopic (exact) mass is 394 g/mol. The highest BCUT2D eigenvalue weighted by molar-refractivity contribution is 5.96. The number of ether oxygens (including phenoxy) is 1. The predicted molar refractivity (Wildman–Crippen MR) is 110 cm³/mol. The number of aromatic nitrogens is 2. The summed E-state index contributed by atoms with van der Waals surface area (Å²) in [5.74, 6) is 1.36. The number of halogens is 1. The van der Waals surface area contributed by atoms with E-state index >= 15 is 0 Å². The van der Waals surface area contributed by atoms with Gasteiger partial charge < -0.3 is 14.5 Å². The molecule has 1 fully saturated rings. The highest BCUT2D eigenvalue weighted by atomic mass is 19.1. The Labute approximate surface area is 168 Å². The topological polar surface area (TPSA) is 61.5 Å². The highest BCUT2D eigenvalue weighted by Gasteiger charge is 2.24. The Hall–Kier alpha value is -3.35. The van der Waals surface area contributed by atoms with Crippen molar-refractivity contribution >= 4 is 11.7 Å². The molecular weight excluding hydrogens is 371 g/mol. The lowest BCUT2D eigenvalue weighted by Crippen LogP contribution is -2.49. The molecule has 0 spiro atoms. The van der Waals surface area contributed by atoms with Gasteiger partial charge in [0, 0.05) is 37.8 Å². The molecule has 0 unspecified atom stereocenters. The van der Waals surface area contributed by atoms with Gasteiger partial charge in [0.25, 0.3) is 5.91 Å². The van der Waals surface area contributed by atoms with E-state index in [4.69, 9.17) is 4.74 Å². The number of benzene rings is 2. The minimum atomic E-state index is -0.263. The zero-order valence-electron chi connectivity index (χ0n) is 16.5. The van der Waals surface area contributed by atoms with Crippen molar-refractivity contribution in [2.45, 2.75) is 6.92 Å². The number of rotatable bonds is 4. The predicted octanol–water partition coefficient (Wildman–Crippen LogP) is 3.50. The van der Waals surface area contributed by atoms with Crippen LogP contribution in [0, 0.1) is 12.7 Å². The Morgan fingerprint density at radius 1 is 1.07 bits per heavy atom. The van der Waals surface area contributed by atoms with Crippen LogP contribution in [0.25, 0.3) is 11.3 Å². The van der Waals surface area contributed by atoms with Crippen molar-refractivity contribution in [3.05, 3.63) is 65.5 Å². The van der Waals surface area contributed by atoms with Crippen molar-refractivity contribution in [3.63, 3.8) is 0 Å². The van der Waals surface area contributed by atoms with Crippen molar-refractivity contribution in [1.82, 2.24) is 15.1 Å². The van der Waals surface area contributed by atoms with Crippen LogP contribution in [-0.2, 0) is 0 Å². The number of amides is 1. The molecule has 0 aliphatic carbocycles. The summed E-state index contributed by atoms with van der Waals surface area (Å²) in [5.41, 5.74) is 3.34. The van der Waals surface area contributed by atoms with E-state index in [0.29, 0.717) is 31.7 Å². The van der Waals surface area contributed by atoms with Gasteiger partial charge in [-0.25, -0.2) is 4.39 Å². The maximum absolute atomic E-state index is 13.1. The summed E-state index contributed by atoms with van der Waals surface area (Å²) >= 11 is 0. The van der Waals surface area contributed by atoms with Crippen LogP contribution in [0.5, 0.6) is 5.75 Å². The van der Waals surface area contributed by atoms with E-state index < -0.39 is 0 Å². The number of piperazine rings is 1. The van der Waals surface area contributed by atoms with Crippen LogP contribution >= 0.6 is 0 Å². The number of nitrogens with one attached hydrogen (secondary N) is 1. The Bertz CT molecular complexity index is 1010. The first kappa shape index (κ1) is 19.0. The minimum absolute atomic E-state index is 0.0406. The number of carbonyl (C=O) groups excluding carboxylic acids is 1. The standard InChI is InChI=1S/C22H23FN4O2/c1-15-13-18(29-2)7-8-19(15)22(28)27-11-9-26(10-12-27)21-14-20(24-25-21)16-3-5-17(23)6-4-16/h3-8,13-14H,9-12H2,1-2H3,(H,24,25). The van der Waals surface area contributed by atoms with E-state index in [1.807, 2.05) is 36.1 Å². The average Bonchev–Trinajstić information content (AvgIpc) is 3.24. The maximum Gasteiger partial charge on any atom is 0.254 e. The van der Waals surface area contributed by atoms with E-state index in [0.717, 1.165) is 28.4 Å². The summed E-state index contributed by atoms with van der Waals surface area (Å²) in [6, 6.07) is 13.8. The van der Waals surface area contributed by atoms with Crippen LogP contribution in [0.15, 0.2) is 48.5 Å². The average molecular weight is 394 g/mol. The molecule has 150 valence electrons. The van der Waals surface area contributed by atoms with Gasteiger partial charge in [0.1, 0.15) is 11.6 Å². The first-order chi connectivity index (χ1) is 14.0. The Balaban J connectivity index is 1.41. The summed E-state index contributed by atoms with van der Waals surface area (Å²) in [4.78, 5) is 16.9. The quantitative estimate of drug-likeness (QED) is 0.736. The molecule has 29 heavy (non-hydrogen) atoms. The molecule has 3 aromatic rings. The Kier molecular flexibility index (Phi) is 5.20. The van der Waals surface area contributed by atoms with Crippen molar-refractivity contribution in [3.8, 4) is 17.0 Å².